The molecule has 2 heterocycles. The number of ether oxygens (including phenoxy) is 1. The predicted octanol–water partition coefficient (Wildman–Crippen LogP) is 2.95. The minimum absolute atomic E-state index is 0.0299. The van der Waals surface area contributed by atoms with Crippen molar-refractivity contribution in [3.05, 3.63) is 35.4 Å². The van der Waals surface area contributed by atoms with Crippen molar-refractivity contribution in [2.75, 3.05) is 13.2 Å². The van der Waals surface area contributed by atoms with Gasteiger partial charge in [-0.2, -0.15) is 0 Å². The Morgan fingerprint density at radius 3 is 2.76 bits per heavy atom. The van der Waals surface area contributed by atoms with E-state index in [2.05, 4.69) is 29.5 Å². The highest BCUT2D eigenvalue weighted by Crippen LogP contribution is 2.39. The first-order valence-corrected chi connectivity index (χ1v) is 9.34. The Balaban J connectivity index is 1.44. The summed E-state index contributed by atoms with van der Waals surface area (Å²) >= 11 is 0. The van der Waals surface area contributed by atoms with Gasteiger partial charge < -0.3 is 14.9 Å². The van der Waals surface area contributed by atoms with Gasteiger partial charge >= 0.3 is 0 Å². The lowest BCUT2D eigenvalue weighted by Crippen LogP contribution is -2.47. The van der Waals surface area contributed by atoms with E-state index in [0.29, 0.717) is 25.7 Å². The molecule has 2 aliphatic heterocycles. The molecule has 134 valence electrons. The van der Waals surface area contributed by atoms with E-state index in [1.807, 2.05) is 12.1 Å². The summed E-state index contributed by atoms with van der Waals surface area (Å²) in [7, 11) is 0. The van der Waals surface area contributed by atoms with Crippen LogP contribution >= 0.6 is 0 Å². The summed E-state index contributed by atoms with van der Waals surface area (Å²) in [6, 6.07) is 8.63. The molecule has 3 aliphatic rings. The third kappa shape index (κ3) is 3.56. The molecule has 0 bridgehead atoms. The second kappa shape index (κ2) is 6.79. The molecule has 0 radical (unpaired) electrons. The lowest BCUT2D eigenvalue weighted by atomic mass is 9.74. The number of nitrogens with zero attached hydrogens (tertiary/aromatic N) is 1. The number of amides is 1. The molecule has 5 heteroatoms. The molecule has 1 saturated carbocycles. The molecule has 1 aromatic carbocycles. The highest BCUT2D eigenvalue weighted by molar-refractivity contribution is 6.02. The van der Waals surface area contributed by atoms with E-state index >= 15 is 0 Å². The van der Waals surface area contributed by atoms with Crippen LogP contribution in [0, 0.1) is 12.3 Å². The maximum absolute atomic E-state index is 12.9. The molecule has 1 atom stereocenters. The van der Waals surface area contributed by atoms with Crippen molar-refractivity contribution < 1.29 is 14.4 Å². The lowest BCUT2D eigenvalue weighted by Gasteiger charge is -2.37. The van der Waals surface area contributed by atoms with Crippen LogP contribution in [0.3, 0.4) is 0 Å². The minimum Gasteiger partial charge on any atom is -0.392 e. The Morgan fingerprint density at radius 2 is 2.04 bits per heavy atom. The largest absolute Gasteiger partial charge is 0.392 e. The van der Waals surface area contributed by atoms with Gasteiger partial charge in [0.15, 0.2) is 0 Å². The SMILES string of the molecule is Cc1ccccc1C1=NO[C@@H](CC2(C(=O)NC3CC3)CCOCC2)C1. The molecule has 0 spiro atoms. The summed E-state index contributed by atoms with van der Waals surface area (Å²) in [4.78, 5) is 18.6. The van der Waals surface area contributed by atoms with E-state index in [1.54, 1.807) is 0 Å². The number of hydrogen-bond acceptors (Lipinski definition) is 4. The van der Waals surface area contributed by atoms with Crippen molar-refractivity contribution >= 4 is 11.6 Å². The van der Waals surface area contributed by atoms with Crippen LogP contribution in [0.15, 0.2) is 29.4 Å². The molecule has 1 amide bonds. The van der Waals surface area contributed by atoms with Crippen molar-refractivity contribution in [3.63, 3.8) is 0 Å². The Hall–Kier alpha value is -1.88. The lowest BCUT2D eigenvalue weighted by molar-refractivity contribution is -0.140. The fraction of sp³-hybridized carbons (Fsp3) is 0.600. The van der Waals surface area contributed by atoms with Crippen LogP contribution in [-0.4, -0.2) is 37.0 Å². The Labute approximate surface area is 148 Å². The van der Waals surface area contributed by atoms with E-state index in [9.17, 15) is 4.79 Å². The molecular weight excluding hydrogens is 316 g/mol. The monoisotopic (exact) mass is 342 g/mol. The smallest absolute Gasteiger partial charge is 0.226 e. The molecule has 2 fully saturated rings. The summed E-state index contributed by atoms with van der Waals surface area (Å²) in [5.74, 6) is 0.186. The number of carbonyl (C=O) groups is 1. The normalized spacial score (nSPS) is 25.2. The number of aryl methyl sites for hydroxylation is 1. The van der Waals surface area contributed by atoms with Gasteiger partial charge in [0.25, 0.3) is 0 Å². The zero-order valence-corrected chi connectivity index (χ0v) is 14.8. The number of rotatable bonds is 5. The molecular formula is C20H26N2O3. The van der Waals surface area contributed by atoms with E-state index in [1.165, 1.54) is 5.56 Å². The Kier molecular flexibility index (Phi) is 4.50. The van der Waals surface area contributed by atoms with Crippen LogP contribution < -0.4 is 5.32 Å². The first-order valence-electron chi connectivity index (χ1n) is 9.34. The molecule has 1 aromatic rings. The molecule has 4 rings (SSSR count). The van der Waals surface area contributed by atoms with E-state index in [-0.39, 0.29) is 17.4 Å². The van der Waals surface area contributed by atoms with Crippen LogP contribution in [0.25, 0.3) is 0 Å². The summed E-state index contributed by atoms with van der Waals surface area (Å²) in [5, 5.41) is 7.53. The van der Waals surface area contributed by atoms with Gasteiger partial charge in [0.05, 0.1) is 11.1 Å². The van der Waals surface area contributed by atoms with Gasteiger partial charge in [-0.1, -0.05) is 29.4 Å². The number of hydrogen-bond donors (Lipinski definition) is 1. The van der Waals surface area contributed by atoms with Crippen LogP contribution in [0.4, 0.5) is 0 Å². The van der Waals surface area contributed by atoms with Crippen molar-refractivity contribution in [3.8, 4) is 0 Å². The minimum atomic E-state index is -0.373. The molecule has 5 nitrogen and oxygen atoms in total. The molecule has 0 aromatic heterocycles. The van der Waals surface area contributed by atoms with Crippen LogP contribution in [0.1, 0.15) is 49.7 Å². The molecule has 25 heavy (non-hydrogen) atoms. The topological polar surface area (TPSA) is 59.9 Å². The molecule has 1 aliphatic carbocycles. The highest BCUT2D eigenvalue weighted by Gasteiger charge is 2.45. The van der Waals surface area contributed by atoms with Gasteiger partial charge in [0.2, 0.25) is 5.91 Å². The third-order valence-electron chi connectivity index (χ3n) is 5.65. The summed E-state index contributed by atoms with van der Waals surface area (Å²) in [6.07, 6.45) is 5.21. The van der Waals surface area contributed by atoms with E-state index < -0.39 is 0 Å². The zero-order chi connectivity index (χ0) is 17.3. The van der Waals surface area contributed by atoms with Crippen LogP contribution in [0.5, 0.6) is 0 Å². The van der Waals surface area contributed by atoms with E-state index in [0.717, 1.165) is 43.4 Å². The second-order valence-electron chi connectivity index (χ2n) is 7.63. The third-order valence-corrected chi connectivity index (χ3v) is 5.65. The number of oxime groups is 1. The van der Waals surface area contributed by atoms with Crippen molar-refractivity contribution in [2.24, 2.45) is 10.6 Å². The summed E-state index contributed by atoms with van der Waals surface area (Å²) < 4.78 is 5.52. The first-order chi connectivity index (χ1) is 12.2. The molecule has 0 unspecified atom stereocenters. The fourth-order valence-corrected chi connectivity index (χ4v) is 3.88. The van der Waals surface area contributed by atoms with E-state index in [4.69, 9.17) is 9.57 Å². The van der Waals surface area contributed by atoms with Gasteiger partial charge in [-0.05, 0) is 38.2 Å². The highest BCUT2D eigenvalue weighted by atomic mass is 16.6. The number of benzene rings is 1. The van der Waals surface area contributed by atoms with Gasteiger partial charge in [-0.25, -0.2) is 0 Å². The maximum Gasteiger partial charge on any atom is 0.226 e. The number of nitrogens with one attached hydrogen (secondary N) is 1. The standard InChI is InChI=1S/C20H26N2O3/c1-14-4-2-3-5-17(14)18-12-16(25-22-18)13-20(8-10-24-11-9-20)19(23)21-15-6-7-15/h2-5,15-16H,6-13H2,1H3,(H,21,23)/t16-/m1/s1. The summed E-state index contributed by atoms with van der Waals surface area (Å²) in [6.45, 7) is 3.39. The molecule has 1 N–H and O–H groups in total. The zero-order valence-electron chi connectivity index (χ0n) is 14.8. The average Bonchev–Trinajstić information content (AvgIpc) is 3.32. The first kappa shape index (κ1) is 16.6. The van der Waals surface area contributed by atoms with Gasteiger partial charge in [0.1, 0.15) is 6.10 Å². The average molecular weight is 342 g/mol. The number of carbonyl (C=O) groups excluding carboxylic acids is 1. The van der Waals surface area contributed by atoms with Crippen molar-refractivity contribution in [1.29, 1.82) is 0 Å². The van der Waals surface area contributed by atoms with Gasteiger partial charge in [-0.3, -0.25) is 4.79 Å². The summed E-state index contributed by atoms with van der Waals surface area (Å²) in [5.41, 5.74) is 2.97. The maximum atomic E-state index is 12.9. The fourth-order valence-electron chi connectivity index (χ4n) is 3.88. The van der Waals surface area contributed by atoms with Crippen LogP contribution in [0.2, 0.25) is 0 Å². The van der Waals surface area contributed by atoms with Crippen molar-refractivity contribution in [2.45, 2.75) is 57.6 Å². The van der Waals surface area contributed by atoms with Gasteiger partial charge in [-0.15, -0.1) is 0 Å². The Bertz CT molecular complexity index is 675. The second-order valence-corrected chi connectivity index (χ2v) is 7.63. The van der Waals surface area contributed by atoms with Crippen molar-refractivity contribution in [1.82, 2.24) is 5.32 Å². The predicted molar refractivity (Wildman–Crippen MR) is 95.5 cm³/mol. The van der Waals surface area contributed by atoms with Gasteiger partial charge in [0, 0.05) is 37.7 Å². The van der Waals surface area contributed by atoms with Crippen LogP contribution in [-0.2, 0) is 14.4 Å². The quantitative estimate of drug-likeness (QED) is 0.895. The Morgan fingerprint density at radius 1 is 1.28 bits per heavy atom. The molecule has 1 saturated heterocycles.